The average molecular weight is 286 g/mol. The number of hydrogen-bond acceptors (Lipinski definition) is 2. The molecular weight excluding hydrogens is 265 g/mol. The molecule has 0 radical (unpaired) electrons. The van der Waals surface area contributed by atoms with Gasteiger partial charge in [0.25, 0.3) is 0 Å². The smallest absolute Gasteiger partial charge is 0.218 e. The van der Waals surface area contributed by atoms with E-state index in [-0.39, 0.29) is 23.2 Å². The van der Waals surface area contributed by atoms with E-state index in [1.165, 1.54) is 18.7 Å². The van der Waals surface area contributed by atoms with Crippen molar-refractivity contribution in [2.75, 3.05) is 0 Å². The van der Waals surface area contributed by atoms with Gasteiger partial charge < -0.3 is 4.74 Å². The van der Waals surface area contributed by atoms with E-state index in [4.69, 9.17) is 16.3 Å². The standard InChI is InChI=1S/C15H21ClFNO/c1-10-4-13(7-15(2,3)6-10)19-14-11(8-16)5-12(17)9-18-14/h5,9-10,13H,4,6-8H2,1-3H3. The molecule has 1 heterocycles. The summed E-state index contributed by atoms with van der Waals surface area (Å²) < 4.78 is 19.1. The molecule has 0 spiro atoms. The molecule has 1 aromatic heterocycles. The fraction of sp³-hybridized carbons (Fsp3) is 0.667. The molecule has 1 aliphatic rings. The van der Waals surface area contributed by atoms with Crippen LogP contribution in [0, 0.1) is 17.2 Å². The van der Waals surface area contributed by atoms with E-state index in [9.17, 15) is 4.39 Å². The van der Waals surface area contributed by atoms with Crippen LogP contribution in [-0.4, -0.2) is 11.1 Å². The van der Waals surface area contributed by atoms with E-state index in [0.717, 1.165) is 12.8 Å². The molecule has 0 N–H and O–H groups in total. The Kier molecular flexibility index (Phi) is 4.34. The SMILES string of the molecule is CC1CC(Oc2ncc(F)cc2CCl)CC(C)(C)C1. The van der Waals surface area contributed by atoms with Crippen LogP contribution >= 0.6 is 11.6 Å². The predicted molar refractivity (Wildman–Crippen MR) is 75.0 cm³/mol. The number of pyridine rings is 1. The lowest BCUT2D eigenvalue weighted by Crippen LogP contribution is -2.34. The van der Waals surface area contributed by atoms with Crippen molar-refractivity contribution < 1.29 is 9.13 Å². The highest BCUT2D eigenvalue weighted by Gasteiger charge is 2.33. The van der Waals surface area contributed by atoms with Crippen LogP contribution in [0.3, 0.4) is 0 Å². The van der Waals surface area contributed by atoms with E-state index in [1.807, 2.05) is 0 Å². The molecule has 1 aromatic rings. The van der Waals surface area contributed by atoms with Crippen LogP contribution in [0.1, 0.15) is 45.6 Å². The van der Waals surface area contributed by atoms with Crippen LogP contribution in [0.4, 0.5) is 4.39 Å². The predicted octanol–water partition coefficient (Wildman–Crippen LogP) is 4.55. The summed E-state index contributed by atoms with van der Waals surface area (Å²) >= 11 is 5.82. The van der Waals surface area contributed by atoms with Crippen molar-refractivity contribution in [1.82, 2.24) is 4.98 Å². The number of aromatic nitrogens is 1. The van der Waals surface area contributed by atoms with Crippen molar-refractivity contribution in [2.24, 2.45) is 11.3 Å². The quantitative estimate of drug-likeness (QED) is 0.760. The summed E-state index contributed by atoms with van der Waals surface area (Å²) in [5.41, 5.74) is 0.904. The Morgan fingerprint density at radius 2 is 2.21 bits per heavy atom. The van der Waals surface area contributed by atoms with Crippen LogP contribution in [0.5, 0.6) is 5.88 Å². The first kappa shape index (κ1) is 14.6. The topological polar surface area (TPSA) is 22.1 Å². The Labute approximate surface area is 119 Å². The largest absolute Gasteiger partial charge is 0.474 e. The third kappa shape index (κ3) is 3.82. The maximum absolute atomic E-state index is 13.1. The molecule has 0 bridgehead atoms. The molecule has 0 aromatic carbocycles. The minimum atomic E-state index is -0.375. The fourth-order valence-electron chi connectivity index (χ4n) is 3.18. The van der Waals surface area contributed by atoms with Gasteiger partial charge in [0.15, 0.2) is 0 Å². The monoisotopic (exact) mass is 285 g/mol. The van der Waals surface area contributed by atoms with Gasteiger partial charge in [-0.25, -0.2) is 9.37 Å². The van der Waals surface area contributed by atoms with Gasteiger partial charge >= 0.3 is 0 Å². The number of hydrogen-bond donors (Lipinski definition) is 0. The lowest BCUT2D eigenvalue weighted by Gasteiger charge is -2.38. The van der Waals surface area contributed by atoms with E-state index in [1.54, 1.807) is 0 Å². The second-order valence-corrected chi connectivity index (χ2v) is 6.67. The minimum absolute atomic E-state index is 0.138. The third-order valence-corrected chi connectivity index (χ3v) is 3.95. The first-order chi connectivity index (χ1) is 8.89. The Morgan fingerprint density at radius 1 is 1.47 bits per heavy atom. The zero-order chi connectivity index (χ0) is 14.0. The van der Waals surface area contributed by atoms with Gasteiger partial charge in [-0.2, -0.15) is 0 Å². The lowest BCUT2D eigenvalue weighted by atomic mass is 9.71. The molecule has 0 aliphatic heterocycles. The summed E-state index contributed by atoms with van der Waals surface area (Å²) in [6.45, 7) is 6.77. The molecule has 1 fully saturated rings. The van der Waals surface area contributed by atoms with Gasteiger partial charge in [-0.15, -0.1) is 11.6 Å². The van der Waals surface area contributed by atoms with Crippen molar-refractivity contribution in [2.45, 2.75) is 52.0 Å². The van der Waals surface area contributed by atoms with E-state index < -0.39 is 0 Å². The number of halogens is 2. The molecule has 2 nitrogen and oxygen atoms in total. The van der Waals surface area contributed by atoms with Gasteiger partial charge in [-0.05, 0) is 36.7 Å². The summed E-state index contributed by atoms with van der Waals surface area (Å²) in [4.78, 5) is 4.03. The summed E-state index contributed by atoms with van der Waals surface area (Å²) in [5, 5.41) is 0. The minimum Gasteiger partial charge on any atom is -0.474 e. The normalized spacial score (nSPS) is 26.2. The van der Waals surface area contributed by atoms with Crippen LogP contribution < -0.4 is 4.74 Å². The molecule has 0 saturated heterocycles. The molecule has 2 atom stereocenters. The maximum atomic E-state index is 13.1. The molecule has 19 heavy (non-hydrogen) atoms. The highest BCUT2D eigenvalue weighted by Crippen LogP contribution is 2.40. The Hall–Kier alpha value is -0.830. The summed E-state index contributed by atoms with van der Waals surface area (Å²) in [7, 11) is 0. The number of alkyl halides is 1. The number of rotatable bonds is 3. The Morgan fingerprint density at radius 3 is 2.84 bits per heavy atom. The van der Waals surface area contributed by atoms with Crippen LogP contribution in [0.25, 0.3) is 0 Å². The van der Waals surface area contributed by atoms with Gasteiger partial charge in [0, 0.05) is 5.56 Å². The number of nitrogens with zero attached hydrogens (tertiary/aromatic N) is 1. The second-order valence-electron chi connectivity index (χ2n) is 6.40. The molecule has 1 aliphatic carbocycles. The Balaban J connectivity index is 2.12. The summed E-state index contributed by atoms with van der Waals surface area (Å²) in [6, 6.07) is 1.40. The molecule has 0 amide bonds. The molecule has 2 unspecified atom stereocenters. The molecule has 2 rings (SSSR count). The van der Waals surface area contributed by atoms with Crippen molar-refractivity contribution >= 4 is 11.6 Å². The first-order valence-corrected chi connectivity index (χ1v) is 7.30. The van der Waals surface area contributed by atoms with Gasteiger partial charge in [0.2, 0.25) is 5.88 Å². The van der Waals surface area contributed by atoms with Crippen LogP contribution in [0.2, 0.25) is 0 Å². The van der Waals surface area contributed by atoms with E-state index in [2.05, 4.69) is 25.8 Å². The van der Waals surface area contributed by atoms with Crippen molar-refractivity contribution in [1.29, 1.82) is 0 Å². The van der Waals surface area contributed by atoms with E-state index in [0.29, 0.717) is 17.4 Å². The highest BCUT2D eigenvalue weighted by molar-refractivity contribution is 6.17. The second kappa shape index (κ2) is 5.66. The summed E-state index contributed by atoms with van der Waals surface area (Å²) in [6.07, 6.45) is 4.55. The molecule has 106 valence electrons. The van der Waals surface area contributed by atoms with Crippen molar-refractivity contribution in [3.63, 3.8) is 0 Å². The fourth-order valence-corrected chi connectivity index (χ4v) is 3.37. The maximum Gasteiger partial charge on any atom is 0.218 e. The zero-order valence-electron chi connectivity index (χ0n) is 11.7. The first-order valence-electron chi connectivity index (χ1n) is 6.76. The zero-order valence-corrected chi connectivity index (χ0v) is 12.5. The molecular formula is C15H21ClFNO. The lowest BCUT2D eigenvalue weighted by molar-refractivity contribution is 0.0526. The molecule has 1 saturated carbocycles. The highest BCUT2D eigenvalue weighted by atomic mass is 35.5. The Bertz CT molecular complexity index is 450. The van der Waals surface area contributed by atoms with Gasteiger partial charge in [0.1, 0.15) is 11.9 Å². The molecule has 4 heteroatoms. The van der Waals surface area contributed by atoms with Gasteiger partial charge in [-0.3, -0.25) is 0 Å². The third-order valence-electron chi connectivity index (χ3n) is 3.66. The van der Waals surface area contributed by atoms with Crippen molar-refractivity contribution in [3.05, 3.63) is 23.6 Å². The average Bonchev–Trinajstić information content (AvgIpc) is 2.28. The summed E-state index contributed by atoms with van der Waals surface area (Å²) in [5.74, 6) is 0.950. The van der Waals surface area contributed by atoms with Gasteiger partial charge in [0.05, 0.1) is 12.1 Å². The van der Waals surface area contributed by atoms with Gasteiger partial charge in [-0.1, -0.05) is 20.8 Å². The van der Waals surface area contributed by atoms with Crippen LogP contribution in [0.15, 0.2) is 12.3 Å². The van der Waals surface area contributed by atoms with E-state index >= 15 is 0 Å². The number of ether oxygens (including phenoxy) is 1. The van der Waals surface area contributed by atoms with Crippen LogP contribution in [-0.2, 0) is 5.88 Å². The van der Waals surface area contributed by atoms with Crippen molar-refractivity contribution in [3.8, 4) is 5.88 Å².